The first-order valence-electron chi connectivity index (χ1n) is 4.57. The highest BCUT2D eigenvalue weighted by Gasteiger charge is 2.31. The molecular formula is C10H11BrF3NO. The molecule has 0 amide bonds. The Hall–Kier alpha value is -0.750. The lowest BCUT2D eigenvalue weighted by Crippen LogP contribution is -2.19. The monoisotopic (exact) mass is 297 g/mol. The minimum absolute atomic E-state index is 0.0405. The quantitative estimate of drug-likeness (QED) is 0.929. The minimum atomic E-state index is -4.68. The van der Waals surface area contributed by atoms with Gasteiger partial charge in [-0.3, -0.25) is 0 Å². The molecule has 0 fully saturated rings. The van der Waals surface area contributed by atoms with Gasteiger partial charge in [0.1, 0.15) is 5.75 Å². The normalized spacial score (nSPS) is 13.6. The fraction of sp³-hybridized carbons (Fsp3) is 0.400. The lowest BCUT2D eigenvalue weighted by atomic mass is 10.1. The van der Waals surface area contributed by atoms with Crippen LogP contribution in [0.3, 0.4) is 0 Å². The fourth-order valence-electron chi connectivity index (χ4n) is 1.25. The molecule has 0 heterocycles. The van der Waals surface area contributed by atoms with Crippen LogP contribution in [-0.2, 0) is 6.42 Å². The summed E-state index contributed by atoms with van der Waals surface area (Å²) in [4.78, 5) is 0. The molecule has 16 heavy (non-hydrogen) atoms. The Balaban J connectivity index is 2.83. The zero-order chi connectivity index (χ0) is 12.3. The van der Waals surface area contributed by atoms with E-state index < -0.39 is 6.36 Å². The van der Waals surface area contributed by atoms with Crippen molar-refractivity contribution in [3.8, 4) is 5.75 Å². The molecule has 1 aromatic rings. The van der Waals surface area contributed by atoms with Gasteiger partial charge in [0.25, 0.3) is 0 Å². The second-order valence-electron chi connectivity index (χ2n) is 3.49. The molecule has 0 saturated heterocycles. The summed E-state index contributed by atoms with van der Waals surface area (Å²) in [6.07, 6.45) is -4.07. The molecule has 1 aromatic carbocycles. The van der Waals surface area contributed by atoms with Crippen LogP contribution in [-0.4, -0.2) is 12.4 Å². The van der Waals surface area contributed by atoms with Gasteiger partial charge in [0.15, 0.2) is 0 Å². The molecule has 1 rings (SSSR count). The molecule has 6 heteroatoms. The number of rotatable bonds is 3. The SMILES string of the molecule is CC(N)Cc1ccc(OC(F)(F)F)c(Br)c1. The van der Waals surface area contributed by atoms with E-state index in [0.29, 0.717) is 6.42 Å². The van der Waals surface area contributed by atoms with Crippen LogP contribution in [0, 0.1) is 0 Å². The van der Waals surface area contributed by atoms with E-state index in [1.807, 2.05) is 6.92 Å². The lowest BCUT2D eigenvalue weighted by molar-refractivity contribution is -0.274. The highest BCUT2D eigenvalue weighted by molar-refractivity contribution is 9.10. The Bertz CT molecular complexity index is 366. The van der Waals surface area contributed by atoms with Crippen molar-refractivity contribution in [2.45, 2.75) is 25.7 Å². The predicted octanol–water partition coefficient (Wildman–Crippen LogP) is 3.24. The Labute approximate surface area is 99.7 Å². The first-order valence-corrected chi connectivity index (χ1v) is 5.37. The molecule has 0 aliphatic rings. The summed E-state index contributed by atoms with van der Waals surface area (Å²) in [7, 11) is 0. The average Bonchev–Trinajstić information content (AvgIpc) is 2.06. The van der Waals surface area contributed by atoms with Gasteiger partial charge in [-0.25, -0.2) is 0 Å². The second-order valence-corrected chi connectivity index (χ2v) is 4.35. The van der Waals surface area contributed by atoms with Gasteiger partial charge in [-0.1, -0.05) is 6.07 Å². The number of alkyl halides is 3. The van der Waals surface area contributed by atoms with Gasteiger partial charge in [-0.05, 0) is 47.0 Å². The first-order chi connectivity index (χ1) is 7.28. The van der Waals surface area contributed by atoms with Gasteiger partial charge in [-0.15, -0.1) is 13.2 Å². The van der Waals surface area contributed by atoms with Crippen molar-refractivity contribution in [3.05, 3.63) is 28.2 Å². The smallest absolute Gasteiger partial charge is 0.405 e. The van der Waals surface area contributed by atoms with Crippen LogP contribution in [0.1, 0.15) is 12.5 Å². The van der Waals surface area contributed by atoms with Gasteiger partial charge < -0.3 is 10.5 Å². The van der Waals surface area contributed by atoms with E-state index in [1.54, 1.807) is 12.1 Å². The standard InChI is InChI=1S/C10H11BrF3NO/c1-6(15)4-7-2-3-9(8(11)5-7)16-10(12,13)14/h2-3,5-6H,4,15H2,1H3. The third kappa shape index (κ3) is 4.40. The third-order valence-electron chi connectivity index (χ3n) is 1.78. The van der Waals surface area contributed by atoms with Crippen molar-refractivity contribution < 1.29 is 17.9 Å². The van der Waals surface area contributed by atoms with Crippen LogP contribution in [0.2, 0.25) is 0 Å². The van der Waals surface area contributed by atoms with E-state index in [0.717, 1.165) is 5.56 Å². The molecule has 0 saturated carbocycles. The maximum absolute atomic E-state index is 12.0. The molecular weight excluding hydrogens is 287 g/mol. The van der Waals surface area contributed by atoms with Crippen LogP contribution >= 0.6 is 15.9 Å². The van der Waals surface area contributed by atoms with Gasteiger partial charge in [0.2, 0.25) is 0 Å². The van der Waals surface area contributed by atoms with Crippen LogP contribution in [0.25, 0.3) is 0 Å². The zero-order valence-corrected chi connectivity index (χ0v) is 10.1. The van der Waals surface area contributed by atoms with Crippen molar-refractivity contribution >= 4 is 15.9 Å². The van der Waals surface area contributed by atoms with Gasteiger partial charge in [0, 0.05) is 6.04 Å². The Morgan fingerprint density at radius 1 is 1.44 bits per heavy atom. The van der Waals surface area contributed by atoms with E-state index in [9.17, 15) is 13.2 Å². The maximum Gasteiger partial charge on any atom is 0.573 e. The summed E-state index contributed by atoms with van der Waals surface area (Å²) in [5.74, 6) is -0.249. The van der Waals surface area contributed by atoms with E-state index in [-0.39, 0.29) is 16.3 Å². The molecule has 2 nitrogen and oxygen atoms in total. The highest BCUT2D eigenvalue weighted by Crippen LogP contribution is 2.31. The lowest BCUT2D eigenvalue weighted by Gasteiger charge is -2.12. The Morgan fingerprint density at radius 2 is 2.06 bits per heavy atom. The average molecular weight is 298 g/mol. The third-order valence-corrected chi connectivity index (χ3v) is 2.40. The second kappa shape index (κ2) is 5.05. The fourth-order valence-corrected chi connectivity index (χ4v) is 1.76. The Morgan fingerprint density at radius 3 is 2.50 bits per heavy atom. The largest absolute Gasteiger partial charge is 0.573 e. The molecule has 0 aromatic heterocycles. The molecule has 0 bridgehead atoms. The summed E-state index contributed by atoms with van der Waals surface area (Å²) in [5.41, 5.74) is 6.45. The van der Waals surface area contributed by atoms with Crippen LogP contribution in [0.5, 0.6) is 5.75 Å². The van der Waals surface area contributed by atoms with Crippen molar-refractivity contribution in [1.82, 2.24) is 0 Å². The highest BCUT2D eigenvalue weighted by atomic mass is 79.9. The van der Waals surface area contributed by atoms with Crippen molar-refractivity contribution in [2.24, 2.45) is 5.73 Å². The summed E-state index contributed by atoms with van der Waals surface area (Å²) in [5, 5.41) is 0. The van der Waals surface area contributed by atoms with E-state index in [2.05, 4.69) is 20.7 Å². The van der Waals surface area contributed by atoms with Crippen LogP contribution in [0.15, 0.2) is 22.7 Å². The number of hydrogen-bond acceptors (Lipinski definition) is 2. The number of ether oxygens (including phenoxy) is 1. The molecule has 0 aliphatic heterocycles. The van der Waals surface area contributed by atoms with E-state index >= 15 is 0 Å². The van der Waals surface area contributed by atoms with Crippen molar-refractivity contribution in [1.29, 1.82) is 0 Å². The molecule has 0 spiro atoms. The van der Waals surface area contributed by atoms with Crippen LogP contribution in [0.4, 0.5) is 13.2 Å². The van der Waals surface area contributed by atoms with Crippen molar-refractivity contribution in [2.75, 3.05) is 0 Å². The van der Waals surface area contributed by atoms with Gasteiger partial charge in [-0.2, -0.15) is 0 Å². The molecule has 1 atom stereocenters. The Kier molecular flexibility index (Phi) is 4.21. The molecule has 2 N–H and O–H groups in total. The number of benzene rings is 1. The summed E-state index contributed by atoms with van der Waals surface area (Å²) >= 11 is 3.02. The van der Waals surface area contributed by atoms with E-state index in [1.165, 1.54) is 6.07 Å². The summed E-state index contributed by atoms with van der Waals surface area (Å²) in [6, 6.07) is 4.37. The predicted molar refractivity (Wildman–Crippen MR) is 58.2 cm³/mol. The number of hydrogen-bond donors (Lipinski definition) is 1. The molecule has 1 unspecified atom stereocenters. The van der Waals surface area contributed by atoms with E-state index in [4.69, 9.17) is 5.73 Å². The molecule has 90 valence electrons. The minimum Gasteiger partial charge on any atom is -0.405 e. The maximum atomic E-state index is 12.0. The van der Waals surface area contributed by atoms with Gasteiger partial charge in [0.05, 0.1) is 4.47 Å². The summed E-state index contributed by atoms with van der Waals surface area (Å²) in [6.45, 7) is 1.83. The first kappa shape index (κ1) is 13.3. The van der Waals surface area contributed by atoms with Gasteiger partial charge >= 0.3 is 6.36 Å². The topological polar surface area (TPSA) is 35.2 Å². The number of nitrogens with two attached hydrogens (primary N) is 1. The molecule has 0 radical (unpaired) electrons. The van der Waals surface area contributed by atoms with Crippen LogP contribution < -0.4 is 10.5 Å². The molecule has 0 aliphatic carbocycles. The zero-order valence-electron chi connectivity index (χ0n) is 8.51. The van der Waals surface area contributed by atoms with Crippen molar-refractivity contribution in [3.63, 3.8) is 0 Å². The number of halogens is 4. The summed E-state index contributed by atoms with van der Waals surface area (Å²) < 4.78 is 40.0.